The van der Waals surface area contributed by atoms with Crippen LogP contribution in [0.2, 0.25) is 5.02 Å². The number of aliphatic imine (C=N–C) groups is 1. The monoisotopic (exact) mass is 368 g/mol. The van der Waals surface area contributed by atoms with Crippen molar-refractivity contribution in [3.05, 3.63) is 26.8 Å². The van der Waals surface area contributed by atoms with Crippen LogP contribution in [0.4, 0.5) is 5.69 Å². The Labute approximate surface area is 119 Å². The van der Waals surface area contributed by atoms with Crippen LogP contribution in [0.5, 0.6) is 0 Å². The van der Waals surface area contributed by atoms with Crippen molar-refractivity contribution in [1.29, 1.82) is 0 Å². The lowest BCUT2D eigenvalue weighted by molar-refractivity contribution is 0.208. The van der Waals surface area contributed by atoms with E-state index in [9.17, 15) is 0 Å². The van der Waals surface area contributed by atoms with E-state index < -0.39 is 0 Å². The van der Waals surface area contributed by atoms with E-state index in [1.54, 1.807) is 7.11 Å². The zero-order valence-corrected chi connectivity index (χ0v) is 12.2. The van der Waals surface area contributed by atoms with Crippen LogP contribution in [-0.2, 0) is 4.74 Å². The topological polar surface area (TPSA) is 71.7 Å². The minimum Gasteiger partial charge on any atom is -0.383 e. The third-order valence-corrected chi connectivity index (χ3v) is 2.88. The smallest absolute Gasteiger partial charge is 0.210 e. The molecule has 0 unspecified atom stereocenters. The van der Waals surface area contributed by atoms with E-state index in [4.69, 9.17) is 22.2 Å². The van der Waals surface area contributed by atoms with Crippen LogP contribution in [0.1, 0.15) is 0 Å². The van der Waals surface area contributed by atoms with E-state index in [0.29, 0.717) is 24.1 Å². The number of nitrogens with zero attached hydrogens (tertiary/aromatic N) is 1. The summed E-state index contributed by atoms with van der Waals surface area (Å²) in [5, 5.41) is 3.63. The van der Waals surface area contributed by atoms with Crippen molar-refractivity contribution in [2.45, 2.75) is 0 Å². The number of ether oxygens (including phenoxy) is 1. The number of hydrazine groups is 1. The molecule has 0 spiro atoms. The maximum atomic E-state index is 6.04. The van der Waals surface area contributed by atoms with Gasteiger partial charge in [-0.05, 0) is 40.8 Å². The summed E-state index contributed by atoms with van der Waals surface area (Å²) in [5.74, 6) is 5.81. The van der Waals surface area contributed by atoms with Gasteiger partial charge in [-0.15, -0.1) is 0 Å². The summed E-state index contributed by atoms with van der Waals surface area (Å²) < 4.78 is 5.97. The summed E-state index contributed by atoms with van der Waals surface area (Å²) in [7, 11) is 1.62. The molecule has 0 saturated carbocycles. The maximum Gasteiger partial charge on any atom is 0.210 e. The van der Waals surface area contributed by atoms with Gasteiger partial charge in [0.1, 0.15) is 0 Å². The van der Waals surface area contributed by atoms with Crippen LogP contribution in [0, 0.1) is 3.57 Å². The van der Waals surface area contributed by atoms with E-state index in [1.807, 2.05) is 18.2 Å². The molecule has 1 rings (SSSR count). The molecule has 0 aromatic heterocycles. The quantitative estimate of drug-likeness (QED) is 0.189. The van der Waals surface area contributed by atoms with E-state index >= 15 is 0 Å². The van der Waals surface area contributed by atoms with E-state index in [-0.39, 0.29) is 0 Å². The first kappa shape index (κ1) is 14.5. The second-order valence-electron chi connectivity index (χ2n) is 3.12. The molecule has 5 nitrogen and oxygen atoms in total. The Morgan fingerprint density at radius 1 is 1.59 bits per heavy atom. The first-order valence-corrected chi connectivity index (χ1v) is 6.35. The fraction of sp³-hybridized carbons (Fsp3) is 0.300. The van der Waals surface area contributed by atoms with Crippen molar-refractivity contribution in [1.82, 2.24) is 5.43 Å². The summed E-state index contributed by atoms with van der Waals surface area (Å²) >= 11 is 8.25. The first-order valence-electron chi connectivity index (χ1n) is 4.89. The Morgan fingerprint density at radius 2 is 2.35 bits per heavy atom. The Kier molecular flexibility index (Phi) is 6.56. The van der Waals surface area contributed by atoms with Gasteiger partial charge >= 0.3 is 0 Å². The molecule has 0 saturated heterocycles. The van der Waals surface area contributed by atoms with Crippen molar-refractivity contribution < 1.29 is 4.74 Å². The average Bonchev–Trinajstić information content (AvgIpc) is 2.32. The number of hydrogen-bond donors (Lipinski definition) is 3. The van der Waals surface area contributed by atoms with Crippen molar-refractivity contribution in [2.24, 2.45) is 10.8 Å². The molecule has 0 atom stereocenters. The maximum absolute atomic E-state index is 6.04. The van der Waals surface area contributed by atoms with Crippen molar-refractivity contribution in [3.63, 3.8) is 0 Å². The molecule has 7 heteroatoms. The molecular formula is C10H14ClIN4O. The average molecular weight is 369 g/mol. The van der Waals surface area contributed by atoms with Crippen LogP contribution in [-0.4, -0.2) is 26.2 Å². The summed E-state index contributed by atoms with van der Waals surface area (Å²) in [6, 6.07) is 5.65. The molecule has 0 fully saturated rings. The van der Waals surface area contributed by atoms with Gasteiger partial charge in [-0.3, -0.25) is 5.43 Å². The Morgan fingerprint density at radius 3 is 3.00 bits per heavy atom. The fourth-order valence-electron chi connectivity index (χ4n) is 1.09. The van der Waals surface area contributed by atoms with Gasteiger partial charge in [-0.25, -0.2) is 10.8 Å². The molecule has 0 aliphatic rings. The highest BCUT2D eigenvalue weighted by atomic mass is 127. The van der Waals surface area contributed by atoms with Crippen molar-refractivity contribution in [3.8, 4) is 0 Å². The largest absolute Gasteiger partial charge is 0.383 e. The predicted molar refractivity (Wildman–Crippen MR) is 79.3 cm³/mol. The molecule has 0 aliphatic heterocycles. The summed E-state index contributed by atoms with van der Waals surface area (Å²) in [5.41, 5.74) is 3.24. The van der Waals surface area contributed by atoms with Gasteiger partial charge in [-0.2, -0.15) is 0 Å². The zero-order valence-electron chi connectivity index (χ0n) is 9.34. The van der Waals surface area contributed by atoms with E-state index in [0.717, 1.165) is 9.26 Å². The predicted octanol–water partition coefficient (Wildman–Crippen LogP) is 1.82. The van der Waals surface area contributed by atoms with Crippen LogP contribution in [0.3, 0.4) is 0 Å². The van der Waals surface area contributed by atoms with Crippen LogP contribution < -0.4 is 16.6 Å². The Bertz CT molecular complexity index is 400. The van der Waals surface area contributed by atoms with Crippen molar-refractivity contribution in [2.75, 3.05) is 25.6 Å². The summed E-state index contributed by atoms with van der Waals surface area (Å²) in [6.45, 7) is 1.05. The van der Waals surface area contributed by atoms with Gasteiger partial charge in [0.05, 0.1) is 23.9 Å². The van der Waals surface area contributed by atoms with Gasteiger partial charge < -0.3 is 10.1 Å². The Hall–Kier alpha value is -0.570. The number of hydrogen-bond acceptors (Lipinski definition) is 3. The minimum atomic E-state index is 0.450. The van der Waals surface area contributed by atoms with Crippen molar-refractivity contribution >= 4 is 45.8 Å². The molecule has 17 heavy (non-hydrogen) atoms. The van der Waals surface area contributed by atoms with Crippen LogP contribution >= 0.6 is 34.2 Å². The minimum absolute atomic E-state index is 0.450. The molecule has 0 aliphatic carbocycles. The normalized spacial score (nSPS) is 11.4. The second kappa shape index (κ2) is 7.70. The number of guanidine groups is 1. The van der Waals surface area contributed by atoms with E-state index in [1.165, 1.54) is 0 Å². The van der Waals surface area contributed by atoms with Gasteiger partial charge in [0, 0.05) is 10.7 Å². The van der Waals surface area contributed by atoms with E-state index in [2.05, 4.69) is 38.3 Å². The highest BCUT2D eigenvalue weighted by Gasteiger charge is 2.03. The molecule has 0 radical (unpaired) electrons. The van der Waals surface area contributed by atoms with Crippen LogP contribution in [0.25, 0.3) is 0 Å². The van der Waals surface area contributed by atoms with Gasteiger partial charge in [0.25, 0.3) is 0 Å². The van der Waals surface area contributed by atoms with Crippen LogP contribution in [0.15, 0.2) is 23.2 Å². The summed E-state index contributed by atoms with van der Waals surface area (Å²) in [4.78, 5) is 4.18. The molecule has 0 bridgehead atoms. The lowest BCUT2D eigenvalue weighted by Crippen LogP contribution is -2.36. The van der Waals surface area contributed by atoms with Gasteiger partial charge in [0.15, 0.2) is 0 Å². The molecule has 0 amide bonds. The second-order valence-corrected chi connectivity index (χ2v) is 4.77. The Balaban J connectivity index is 2.73. The number of methoxy groups -OCH3 is 1. The molecule has 1 aromatic carbocycles. The zero-order chi connectivity index (χ0) is 12.7. The standard InChI is InChI=1S/C10H14ClIN4O/c1-17-5-4-14-10(16-13)15-9-6-7(12)2-3-8(9)11/h2-3,6H,4-5,13H2,1H3,(H2,14,15,16). The molecule has 94 valence electrons. The summed E-state index contributed by atoms with van der Waals surface area (Å²) in [6.07, 6.45) is 0. The molecule has 4 N–H and O–H groups in total. The lowest BCUT2D eigenvalue weighted by Gasteiger charge is -2.11. The number of nitrogens with one attached hydrogen (secondary N) is 2. The number of halogens is 2. The molecular weight excluding hydrogens is 354 g/mol. The highest BCUT2D eigenvalue weighted by Crippen LogP contribution is 2.23. The fourth-order valence-corrected chi connectivity index (χ4v) is 1.75. The number of benzene rings is 1. The number of anilines is 1. The third kappa shape index (κ3) is 5.07. The first-order chi connectivity index (χ1) is 8.17. The third-order valence-electron chi connectivity index (χ3n) is 1.88. The SMILES string of the molecule is COCCN=C(NN)Nc1cc(I)ccc1Cl. The number of rotatable bonds is 4. The molecule has 1 aromatic rings. The lowest BCUT2D eigenvalue weighted by atomic mass is 10.3. The molecule has 0 heterocycles. The van der Waals surface area contributed by atoms with Gasteiger partial charge in [-0.1, -0.05) is 11.6 Å². The highest BCUT2D eigenvalue weighted by molar-refractivity contribution is 14.1. The van der Waals surface area contributed by atoms with Gasteiger partial charge in [0.2, 0.25) is 5.96 Å². The number of nitrogens with two attached hydrogens (primary N) is 1.